The average Bonchev–Trinajstić information content (AvgIpc) is 0.836. The van der Waals surface area contributed by atoms with Crippen molar-refractivity contribution in [1.82, 2.24) is 56.5 Å². The second kappa shape index (κ2) is 59.5. The van der Waals surface area contributed by atoms with Crippen LogP contribution in [0.3, 0.4) is 0 Å². The van der Waals surface area contributed by atoms with Gasteiger partial charge >= 0.3 is 0 Å². The van der Waals surface area contributed by atoms with E-state index in [0.29, 0.717) is 69.5 Å². The van der Waals surface area contributed by atoms with Crippen molar-refractivity contribution in [2.24, 2.45) is 0 Å². The smallest absolute Gasteiger partial charge is 0.259 e. The summed E-state index contributed by atoms with van der Waals surface area (Å²) < 4.78 is 25.2. The van der Waals surface area contributed by atoms with Gasteiger partial charge in [0.1, 0.15) is 0 Å². The lowest BCUT2D eigenvalue weighted by molar-refractivity contribution is -0.127. The number of nitriles is 2. The molecular weight excluding hydrogens is 1300 g/mol. The highest BCUT2D eigenvalue weighted by Gasteiger charge is 2.37. The maximum Gasteiger partial charge on any atom is 0.259 e. The molecule has 0 saturated carbocycles. The lowest BCUT2D eigenvalue weighted by Gasteiger charge is -2.45. The van der Waals surface area contributed by atoms with Crippen molar-refractivity contribution in [3.63, 3.8) is 0 Å². The normalized spacial score (nSPS) is 11.3. The number of hydrogen-bond acceptors (Lipinski definition) is 17. The molecule has 0 aliphatic heterocycles. The SMILES string of the molecule is C#CCNC(=O)CCC(CCC(=O)NCC#C)(CCC(=O)NCC#C)NC(=O)CCCCO.C#CCNC(=O)CCC(CCC(=O)NCC#C)(CCC(=O)NCC#C)NC(=O)CCCCOP(OCCC#N)N(C(C)C)C(C)C.CC(C)N(C(C)C)P(OCCC#N)N(C(C)C)C(C)C. The second-order valence-electron chi connectivity index (χ2n) is 24.7. The zero-order chi connectivity index (χ0) is 75.6. The minimum Gasteiger partial charge on any atom is -0.396 e. The van der Waals surface area contributed by atoms with Crippen molar-refractivity contribution in [3.05, 3.63) is 0 Å². The Morgan fingerprint density at radius 2 is 0.626 bits per heavy atom. The van der Waals surface area contributed by atoms with Gasteiger partial charge in [-0.25, -0.2) is 14.0 Å². The van der Waals surface area contributed by atoms with Crippen LogP contribution in [0.5, 0.6) is 0 Å². The molecule has 0 aliphatic rings. The molecule has 0 aromatic carbocycles. The number of rotatable bonds is 51. The third-order valence-electron chi connectivity index (χ3n) is 14.5. The molecule has 0 fully saturated rings. The van der Waals surface area contributed by atoms with Crippen molar-refractivity contribution in [2.75, 3.05) is 65.7 Å². The van der Waals surface area contributed by atoms with Gasteiger partial charge < -0.3 is 61.2 Å². The Kier molecular flexibility index (Phi) is 57.6. The van der Waals surface area contributed by atoms with E-state index in [1.54, 1.807) is 0 Å². The van der Waals surface area contributed by atoms with Crippen molar-refractivity contribution >= 4 is 64.2 Å². The summed E-state index contributed by atoms with van der Waals surface area (Å²) in [7, 11) is -2.23. The molecule has 27 heteroatoms. The van der Waals surface area contributed by atoms with Crippen LogP contribution in [-0.2, 0) is 51.9 Å². The minimum absolute atomic E-state index is 0.0191. The number of nitrogens with one attached hydrogen (secondary N) is 8. The first kappa shape index (κ1) is 95.9. The number of aliphatic hydroxyl groups excluding tert-OH is 1. The first-order chi connectivity index (χ1) is 47.0. The predicted molar refractivity (Wildman–Crippen MR) is 391 cm³/mol. The number of hydrogen-bond donors (Lipinski definition) is 9. The molecule has 0 spiro atoms. The third kappa shape index (κ3) is 48.2. The molecule has 0 rings (SSSR count). The summed E-state index contributed by atoms with van der Waals surface area (Å²) >= 11 is 0. The molecule has 0 aromatic heterocycles. The highest BCUT2D eigenvalue weighted by molar-refractivity contribution is 7.47. The van der Waals surface area contributed by atoms with Gasteiger partial charge in [0.2, 0.25) is 47.3 Å². The first-order valence-corrected chi connectivity index (χ1v) is 36.3. The highest BCUT2D eigenvalue weighted by Crippen LogP contribution is 2.51. The molecule has 1 unspecified atom stereocenters. The van der Waals surface area contributed by atoms with E-state index in [-0.39, 0.29) is 208 Å². The Labute approximate surface area is 596 Å². The first-order valence-electron chi connectivity index (χ1n) is 34.0. The minimum atomic E-state index is -1.39. The molecule has 0 radical (unpaired) electrons. The highest BCUT2D eigenvalue weighted by atomic mass is 31.2. The molecular formula is C72H117N13O12P2. The number of unbranched alkanes of at least 4 members (excludes halogenated alkanes) is 2. The summed E-state index contributed by atoms with van der Waals surface area (Å²) in [6, 6.07) is 6.26. The quantitative estimate of drug-likeness (QED) is 0.0170. The zero-order valence-corrected chi connectivity index (χ0v) is 63.0. The van der Waals surface area contributed by atoms with Crippen LogP contribution in [0.2, 0.25) is 0 Å². The molecule has 0 heterocycles. The number of carbonyl (C=O) groups excluding carboxylic acids is 8. The topological polar surface area (TPSA) is 338 Å². The molecule has 25 nitrogen and oxygen atoms in total. The Balaban J connectivity index is -0.00000151. The largest absolute Gasteiger partial charge is 0.396 e. The van der Waals surface area contributed by atoms with Gasteiger partial charge in [0, 0.05) is 105 Å². The Morgan fingerprint density at radius 1 is 0.374 bits per heavy atom. The molecule has 0 bridgehead atoms. The van der Waals surface area contributed by atoms with Crippen LogP contribution in [0.1, 0.15) is 212 Å². The van der Waals surface area contributed by atoms with E-state index in [1.165, 1.54) is 0 Å². The number of terminal acetylenes is 6. The van der Waals surface area contributed by atoms with Gasteiger partial charge in [0.25, 0.3) is 8.53 Å². The van der Waals surface area contributed by atoms with Crippen LogP contribution >= 0.6 is 17.0 Å². The van der Waals surface area contributed by atoms with Crippen LogP contribution in [0.15, 0.2) is 0 Å². The Bertz CT molecular complexity index is 2520. The van der Waals surface area contributed by atoms with E-state index >= 15 is 0 Å². The van der Waals surface area contributed by atoms with E-state index in [9.17, 15) is 38.4 Å². The Hall–Kier alpha value is -7.32. The van der Waals surface area contributed by atoms with Gasteiger partial charge in [-0.15, -0.1) is 38.5 Å². The summed E-state index contributed by atoms with van der Waals surface area (Å²) in [6.07, 6.45) is 35.6. The summed E-state index contributed by atoms with van der Waals surface area (Å²) in [5.74, 6) is 11.6. The molecule has 0 saturated heterocycles. The van der Waals surface area contributed by atoms with Gasteiger partial charge in [-0.3, -0.25) is 38.4 Å². The lowest BCUT2D eigenvalue weighted by Crippen LogP contribution is -2.50. The molecule has 9 N–H and O–H groups in total. The maximum absolute atomic E-state index is 13.3. The number of aliphatic hydroxyl groups is 1. The fourth-order valence-electron chi connectivity index (χ4n) is 10.0. The van der Waals surface area contributed by atoms with Crippen LogP contribution < -0.4 is 42.5 Å². The molecule has 552 valence electrons. The van der Waals surface area contributed by atoms with Gasteiger partial charge in [-0.1, -0.05) is 35.5 Å². The van der Waals surface area contributed by atoms with Crippen molar-refractivity contribution in [2.45, 2.75) is 259 Å². The molecule has 99 heavy (non-hydrogen) atoms. The Morgan fingerprint density at radius 3 is 0.869 bits per heavy atom. The summed E-state index contributed by atoms with van der Waals surface area (Å²) in [6.45, 7) is 27.4. The van der Waals surface area contributed by atoms with Crippen LogP contribution in [0.4, 0.5) is 0 Å². The van der Waals surface area contributed by atoms with E-state index in [2.05, 4.69) is 187 Å². The predicted octanol–water partition coefficient (Wildman–Crippen LogP) is 6.87. The molecule has 1 atom stereocenters. The van der Waals surface area contributed by atoms with Gasteiger partial charge in [0.15, 0.2) is 8.45 Å². The third-order valence-corrected chi connectivity index (χ3v) is 19.7. The molecule has 0 aromatic rings. The van der Waals surface area contributed by atoms with Crippen LogP contribution in [0.25, 0.3) is 0 Å². The van der Waals surface area contributed by atoms with Crippen LogP contribution in [0, 0.1) is 96.7 Å². The van der Waals surface area contributed by atoms with Crippen LogP contribution in [-0.4, -0.2) is 179 Å². The second-order valence-corrected chi connectivity index (χ2v) is 27.8. The molecule has 8 amide bonds. The number of carbonyl (C=O) groups is 8. The monoisotopic (exact) mass is 1420 g/mol. The summed E-state index contributed by atoms with van der Waals surface area (Å²) in [5.41, 5.74) is -2.04. The number of amides is 8. The number of nitrogens with zero attached hydrogens (tertiary/aromatic N) is 5. The van der Waals surface area contributed by atoms with Crippen molar-refractivity contribution in [3.8, 4) is 86.2 Å². The molecule has 0 aliphatic carbocycles. The van der Waals surface area contributed by atoms with E-state index in [1.807, 2.05) is 0 Å². The van der Waals surface area contributed by atoms with Crippen molar-refractivity contribution < 1.29 is 57.0 Å². The van der Waals surface area contributed by atoms with E-state index < -0.39 is 28.1 Å². The maximum atomic E-state index is 13.3. The zero-order valence-electron chi connectivity index (χ0n) is 61.2. The van der Waals surface area contributed by atoms with E-state index in [0.717, 1.165) is 0 Å². The van der Waals surface area contributed by atoms with Gasteiger partial charge in [-0.2, -0.15) is 10.5 Å². The summed E-state index contributed by atoms with van der Waals surface area (Å²) in [5, 5.41) is 48.1. The van der Waals surface area contributed by atoms with Gasteiger partial charge in [0.05, 0.1) is 84.1 Å². The fourth-order valence-corrected chi connectivity index (χ4v) is 14.0. The van der Waals surface area contributed by atoms with E-state index in [4.69, 9.17) is 67.7 Å². The lowest BCUT2D eigenvalue weighted by atomic mass is 9.82. The summed E-state index contributed by atoms with van der Waals surface area (Å²) in [4.78, 5) is 99.7. The average molecular weight is 1420 g/mol. The standard InChI is InChI=1S/C33H51N6O6P.C24H34N4O5.C15H32N3OP/c1-8-22-35-29(40)15-18-33(19-16-30(41)36-23-9-2,20-17-31(42)37-24-10-3)38-32(43)14-11-12-25-44-46(45-26-13-21-34)39(27(4)5)28(6)7;1-4-16-25-20(30)10-13-24(14-11-21(31)26-17-5-2,15-12-22(32)27-18-6-3)28-23(33)9-7-8-19-29;1-12(2)17(13(3)4)20(19-11-9-10-16)18(14(5)6)15(7)8/h1-3,27-28H,11-20,22-26H2,4-7H3,(H,35,40)(H,36,41)(H,37,42)(H,38,43);1-3,29H,7-19H2,(H,25,30)(H,26,31)(H,27,32)(H,28,33);12-15H,9,11H2,1-8H3. The fraction of sp³-hybridized carbons (Fsp3) is 0.694. The van der Waals surface area contributed by atoms with Crippen molar-refractivity contribution in [1.29, 1.82) is 10.5 Å². The van der Waals surface area contributed by atoms with Gasteiger partial charge in [-0.05, 0) is 147 Å².